The number of aryl methyl sites for hydroxylation is 1. The predicted octanol–water partition coefficient (Wildman–Crippen LogP) is 4.70. The number of aromatic nitrogens is 5. The van der Waals surface area contributed by atoms with Gasteiger partial charge in [0.05, 0.1) is 17.8 Å². The first kappa shape index (κ1) is 22.9. The quantitative estimate of drug-likeness (QED) is 0.405. The molecule has 0 amide bonds. The molecule has 3 aromatic heterocycles. The van der Waals surface area contributed by atoms with E-state index in [1.807, 2.05) is 32.0 Å². The first-order chi connectivity index (χ1) is 17.0. The number of carbonyl (C=O) groups excluding carboxylic acids is 1. The summed E-state index contributed by atoms with van der Waals surface area (Å²) in [6.45, 7) is 5.73. The van der Waals surface area contributed by atoms with Crippen LogP contribution < -0.4 is 4.90 Å². The maximum atomic E-state index is 14.2. The van der Waals surface area contributed by atoms with Crippen LogP contribution in [0.3, 0.4) is 0 Å². The fourth-order valence-electron chi connectivity index (χ4n) is 4.46. The summed E-state index contributed by atoms with van der Waals surface area (Å²) >= 11 is 0. The second-order valence-electron chi connectivity index (χ2n) is 8.87. The summed E-state index contributed by atoms with van der Waals surface area (Å²) in [6.07, 6.45) is 7.56. The van der Waals surface area contributed by atoms with Gasteiger partial charge >= 0.3 is 5.97 Å². The standard InChI is InChI=1S/C26H27FN6O2/c1-3-35-23(34)12-17-6-8-33(9-7-17)26-29-14-19(15-30-26)21-5-4-18(13-28-21)25-31-22-11-16(2)10-20(27)24(22)32-25/h4-5,10-11,13-15,17H,3,6-9,12H2,1-2H3,(H,31,32). The number of imidazole rings is 1. The molecule has 1 fully saturated rings. The average molecular weight is 475 g/mol. The molecule has 1 N–H and O–H groups in total. The number of hydrogen-bond acceptors (Lipinski definition) is 7. The Kier molecular flexibility index (Phi) is 6.39. The molecule has 1 aliphatic heterocycles. The Hall–Kier alpha value is -3.88. The van der Waals surface area contributed by atoms with Gasteiger partial charge in [-0.25, -0.2) is 19.3 Å². The Morgan fingerprint density at radius 3 is 2.54 bits per heavy atom. The van der Waals surface area contributed by atoms with Gasteiger partial charge in [-0.3, -0.25) is 9.78 Å². The number of H-pyrrole nitrogens is 1. The van der Waals surface area contributed by atoms with Crippen LogP contribution >= 0.6 is 0 Å². The smallest absolute Gasteiger partial charge is 0.306 e. The molecule has 4 aromatic rings. The summed E-state index contributed by atoms with van der Waals surface area (Å²) in [6, 6.07) is 7.12. The number of esters is 1. The van der Waals surface area contributed by atoms with Crippen molar-refractivity contribution < 1.29 is 13.9 Å². The van der Waals surface area contributed by atoms with Crippen LogP contribution in [-0.4, -0.2) is 50.6 Å². The van der Waals surface area contributed by atoms with Crippen LogP contribution in [0.25, 0.3) is 33.7 Å². The summed E-state index contributed by atoms with van der Waals surface area (Å²) in [4.78, 5) is 35.1. The maximum Gasteiger partial charge on any atom is 0.306 e. The lowest BCUT2D eigenvalue weighted by Crippen LogP contribution is -2.35. The van der Waals surface area contributed by atoms with Crippen molar-refractivity contribution in [3.63, 3.8) is 0 Å². The first-order valence-corrected chi connectivity index (χ1v) is 11.9. The number of anilines is 1. The van der Waals surface area contributed by atoms with Crippen molar-refractivity contribution in [1.82, 2.24) is 24.9 Å². The summed E-state index contributed by atoms with van der Waals surface area (Å²) < 4.78 is 19.3. The van der Waals surface area contributed by atoms with Gasteiger partial charge in [-0.15, -0.1) is 0 Å². The van der Waals surface area contributed by atoms with Crippen molar-refractivity contribution in [2.45, 2.75) is 33.1 Å². The number of ether oxygens (including phenoxy) is 1. The van der Waals surface area contributed by atoms with Gasteiger partial charge in [-0.1, -0.05) is 0 Å². The highest BCUT2D eigenvalue weighted by Gasteiger charge is 2.23. The molecule has 0 unspecified atom stereocenters. The zero-order valence-corrected chi connectivity index (χ0v) is 19.8. The minimum Gasteiger partial charge on any atom is -0.466 e. The second-order valence-corrected chi connectivity index (χ2v) is 8.87. The highest BCUT2D eigenvalue weighted by Crippen LogP contribution is 2.26. The van der Waals surface area contributed by atoms with Crippen LogP contribution in [0.4, 0.5) is 10.3 Å². The number of halogens is 1. The zero-order valence-electron chi connectivity index (χ0n) is 19.8. The topological polar surface area (TPSA) is 96.9 Å². The van der Waals surface area contributed by atoms with Gasteiger partial charge in [0.1, 0.15) is 11.3 Å². The maximum absolute atomic E-state index is 14.2. The number of pyridine rings is 1. The minimum atomic E-state index is -0.340. The molecule has 180 valence electrons. The molecule has 0 saturated carbocycles. The lowest BCUT2D eigenvalue weighted by molar-refractivity contribution is -0.144. The summed E-state index contributed by atoms with van der Waals surface area (Å²) in [5, 5.41) is 0. The van der Waals surface area contributed by atoms with Crippen molar-refractivity contribution in [1.29, 1.82) is 0 Å². The van der Waals surface area contributed by atoms with Gasteiger partial charge in [0.15, 0.2) is 5.82 Å². The minimum absolute atomic E-state index is 0.118. The third kappa shape index (κ3) is 4.99. The third-order valence-electron chi connectivity index (χ3n) is 6.31. The van der Waals surface area contributed by atoms with Crippen molar-refractivity contribution in [2.75, 3.05) is 24.6 Å². The number of nitrogens with zero attached hydrogens (tertiary/aromatic N) is 5. The van der Waals surface area contributed by atoms with Crippen molar-refractivity contribution in [3.05, 3.63) is 54.2 Å². The van der Waals surface area contributed by atoms with E-state index in [4.69, 9.17) is 4.74 Å². The lowest BCUT2D eigenvalue weighted by atomic mass is 9.94. The highest BCUT2D eigenvalue weighted by atomic mass is 19.1. The van der Waals surface area contributed by atoms with Gasteiger partial charge in [0, 0.05) is 49.2 Å². The highest BCUT2D eigenvalue weighted by molar-refractivity contribution is 5.80. The number of nitrogens with one attached hydrogen (secondary N) is 1. The Morgan fingerprint density at radius 1 is 1.11 bits per heavy atom. The van der Waals surface area contributed by atoms with E-state index in [9.17, 15) is 9.18 Å². The predicted molar refractivity (Wildman–Crippen MR) is 131 cm³/mol. The Bertz CT molecular complexity index is 1330. The van der Waals surface area contributed by atoms with E-state index in [2.05, 4.69) is 29.8 Å². The summed E-state index contributed by atoms with van der Waals surface area (Å²) in [7, 11) is 0. The van der Waals surface area contributed by atoms with E-state index in [-0.39, 0.29) is 11.8 Å². The van der Waals surface area contributed by atoms with Gasteiger partial charge in [-0.2, -0.15) is 0 Å². The molecule has 0 radical (unpaired) electrons. The van der Waals surface area contributed by atoms with E-state index < -0.39 is 0 Å². The van der Waals surface area contributed by atoms with Crippen LogP contribution in [0.2, 0.25) is 0 Å². The number of hydrogen-bond donors (Lipinski definition) is 1. The van der Waals surface area contributed by atoms with Crippen molar-refractivity contribution in [2.24, 2.45) is 5.92 Å². The SMILES string of the molecule is CCOC(=O)CC1CCN(c2ncc(-c3ccc(-c4nc5c(F)cc(C)cc5[nH]4)cn3)cn2)CC1. The van der Waals surface area contributed by atoms with Crippen molar-refractivity contribution >= 4 is 23.0 Å². The molecule has 4 heterocycles. The van der Waals surface area contributed by atoms with Gasteiger partial charge in [0.25, 0.3) is 0 Å². The van der Waals surface area contributed by atoms with Crippen LogP contribution in [0, 0.1) is 18.7 Å². The molecule has 1 aliphatic rings. The fourth-order valence-corrected chi connectivity index (χ4v) is 4.46. The molecular formula is C26H27FN6O2. The molecule has 0 atom stereocenters. The number of fused-ring (bicyclic) bond motifs is 1. The second kappa shape index (κ2) is 9.77. The van der Waals surface area contributed by atoms with Crippen LogP contribution in [0.15, 0.2) is 42.9 Å². The van der Waals surface area contributed by atoms with E-state index in [1.54, 1.807) is 18.6 Å². The third-order valence-corrected chi connectivity index (χ3v) is 6.31. The molecule has 1 saturated heterocycles. The van der Waals surface area contributed by atoms with Gasteiger partial charge in [-0.05, 0) is 62.4 Å². The fraction of sp³-hybridized carbons (Fsp3) is 0.346. The number of benzene rings is 1. The van der Waals surface area contributed by atoms with Gasteiger partial charge < -0.3 is 14.6 Å². The molecule has 8 nitrogen and oxygen atoms in total. The number of carbonyl (C=O) groups is 1. The Morgan fingerprint density at radius 2 is 1.86 bits per heavy atom. The van der Waals surface area contributed by atoms with E-state index in [1.165, 1.54) is 6.07 Å². The number of piperidine rings is 1. The summed E-state index contributed by atoms with van der Waals surface area (Å²) in [5.74, 6) is 1.14. The molecule has 0 spiro atoms. The molecule has 0 bridgehead atoms. The Labute approximate surface area is 202 Å². The monoisotopic (exact) mass is 474 g/mol. The van der Waals surface area contributed by atoms with Gasteiger partial charge in [0.2, 0.25) is 5.95 Å². The molecular weight excluding hydrogens is 447 g/mol. The normalized spacial score (nSPS) is 14.4. The first-order valence-electron chi connectivity index (χ1n) is 11.9. The Balaban J connectivity index is 1.24. The number of rotatable bonds is 6. The molecule has 5 rings (SSSR count). The van der Waals surface area contributed by atoms with Crippen LogP contribution in [0.1, 0.15) is 31.7 Å². The van der Waals surface area contributed by atoms with Crippen LogP contribution in [-0.2, 0) is 9.53 Å². The van der Waals surface area contributed by atoms with E-state index in [0.29, 0.717) is 41.8 Å². The molecule has 9 heteroatoms. The molecule has 0 aliphatic carbocycles. The molecule has 35 heavy (non-hydrogen) atoms. The van der Waals surface area contributed by atoms with Crippen molar-refractivity contribution in [3.8, 4) is 22.6 Å². The number of aromatic amines is 1. The lowest BCUT2D eigenvalue weighted by Gasteiger charge is -2.31. The summed E-state index contributed by atoms with van der Waals surface area (Å²) in [5.41, 5.74) is 4.14. The average Bonchev–Trinajstić information content (AvgIpc) is 3.29. The van der Waals surface area contributed by atoms with Crippen LogP contribution in [0.5, 0.6) is 0 Å². The van der Waals surface area contributed by atoms with E-state index in [0.717, 1.165) is 48.3 Å². The largest absolute Gasteiger partial charge is 0.466 e. The van der Waals surface area contributed by atoms with E-state index >= 15 is 0 Å². The molecule has 1 aromatic carbocycles. The zero-order chi connectivity index (χ0) is 24.4.